The van der Waals surface area contributed by atoms with Gasteiger partial charge in [-0.2, -0.15) is 5.10 Å². The normalized spacial score (nSPS) is 11.2. The van der Waals surface area contributed by atoms with E-state index in [2.05, 4.69) is 54.6 Å². The second-order valence-electron chi connectivity index (χ2n) is 5.28. The van der Waals surface area contributed by atoms with Gasteiger partial charge in [0.25, 0.3) is 0 Å². The summed E-state index contributed by atoms with van der Waals surface area (Å²) in [6.07, 6.45) is 0. The van der Waals surface area contributed by atoms with Crippen LogP contribution in [0.25, 0.3) is 16.6 Å². The zero-order chi connectivity index (χ0) is 14.8. The Kier molecular flexibility index (Phi) is 3.71. The summed E-state index contributed by atoms with van der Waals surface area (Å²) >= 11 is 0. The molecule has 0 aliphatic carbocycles. The molecular formula is C17H20N4. The summed E-state index contributed by atoms with van der Waals surface area (Å²) in [6, 6.07) is 12.6. The summed E-state index contributed by atoms with van der Waals surface area (Å²) in [4.78, 5) is 4.82. The van der Waals surface area contributed by atoms with Crippen molar-refractivity contribution in [3.8, 4) is 5.82 Å². The number of nitrogens with zero attached hydrogens (tertiary/aromatic N) is 3. The second-order valence-corrected chi connectivity index (χ2v) is 5.28. The maximum atomic E-state index is 4.82. The molecule has 1 aromatic carbocycles. The predicted molar refractivity (Wildman–Crippen MR) is 85.7 cm³/mol. The Hall–Kier alpha value is -2.20. The number of aryl methyl sites for hydroxylation is 2. The molecule has 0 spiro atoms. The van der Waals surface area contributed by atoms with Crippen molar-refractivity contribution in [1.29, 1.82) is 0 Å². The monoisotopic (exact) mass is 280 g/mol. The highest BCUT2D eigenvalue weighted by molar-refractivity contribution is 5.88. The zero-order valence-electron chi connectivity index (χ0n) is 12.7. The van der Waals surface area contributed by atoms with Crippen molar-refractivity contribution in [2.75, 3.05) is 6.54 Å². The van der Waals surface area contributed by atoms with Gasteiger partial charge in [0.15, 0.2) is 5.82 Å². The van der Waals surface area contributed by atoms with Crippen LogP contribution in [0, 0.1) is 13.8 Å². The van der Waals surface area contributed by atoms with Crippen LogP contribution in [0.15, 0.2) is 36.4 Å². The van der Waals surface area contributed by atoms with Crippen molar-refractivity contribution in [3.05, 3.63) is 53.5 Å². The van der Waals surface area contributed by atoms with Crippen LogP contribution in [0.4, 0.5) is 0 Å². The second kappa shape index (κ2) is 5.66. The van der Waals surface area contributed by atoms with Crippen molar-refractivity contribution in [3.63, 3.8) is 0 Å². The van der Waals surface area contributed by atoms with Crippen LogP contribution in [0.2, 0.25) is 0 Å². The van der Waals surface area contributed by atoms with E-state index in [9.17, 15) is 0 Å². The Balaban J connectivity index is 2.21. The molecule has 0 atom stereocenters. The maximum Gasteiger partial charge on any atom is 0.161 e. The molecule has 3 rings (SSSR count). The molecule has 0 amide bonds. The fourth-order valence-corrected chi connectivity index (χ4v) is 2.58. The van der Waals surface area contributed by atoms with Gasteiger partial charge in [0.05, 0.1) is 11.4 Å². The zero-order valence-corrected chi connectivity index (χ0v) is 12.7. The van der Waals surface area contributed by atoms with E-state index in [1.807, 2.05) is 17.7 Å². The summed E-state index contributed by atoms with van der Waals surface area (Å²) in [5.74, 6) is 0.909. The van der Waals surface area contributed by atoms with Crippen molar-refractivity contribution in [1.82, 2.24) is 20.1 Å². The summed E-state index contributed by atoms with van der Waals surface area (Å²) < 4.78 is 1.94. The number of pyridine rings is 1. The first kappa shape index (κ1) is 13.8. The fraction of sp³-hybridized carbons (Fsp3) is 0.294. The molecule has 0 fully saturated rings. The largest absolute Gasteiger partial charge is 0.311 e. The minimum absolute atomic E-state index is 0.771. The standard InChI is InChI=1S/C17H20N4/c1-4-18-11-15-10-14-7-5-6-8-16(14)17(19-15)21-13(3)9-12(2)20-21/h5-10,18H,4,11H2,1-3H3. The molecule has 0 aliphatic rings. The lowest BCUT2D eigenvalue weighted by Gasteiger charge is -2.11. The molecule has 108 valence electrons. The topological polar surface area (TPSA) is 42.7 Å². The number of fused-ring (bicyclic) bond motifs is 1. The van der Waals surface area contributed by atoms with Crippen molar-refractivity contribution >= 4 is 10.8 Å². The lowest BCUT2D eigenvalue weighted by Crippen LogP contribution is -2.14. The van der Waals surface area contributed by atoms with Crippen molar-refractivity contribution in [2.45, 2.75) is 27.3 Å². The van der Waals surface area contributed by atoms with E-state index in [0.29, 0.717) is 0 Å². The third-order valence-corrected chi connectivity index (χ3v) is 3.54. The number of hydrogen-bond donors (Lipinski definition) is 1. The van der Waals surface area contributed by atoms with Gasteiger partial charge in [-0.15, -0.1) is 0 Å². The van der Waals surface area contributed by atoms with Gasteiger partial charge in [0.2, 0.25) is 0 Å². The highest BCUT2D eigenvalue weighted by atomic mass is 15.3. The van der Waals surface area contributed by atoms with Gasteiger partial charge in [-0.3, -0.25) is 0 Å². The smallest absolute Gasteiger partial charge is 0.161 e. The highest BCUT2D eigenvalue weighted by Crippen LogP contribution is 2.22. The predicted octanol–water partition coefficient (Wildman–Crippen LogP) is 3.15. The average Bonchev–Trinajstić information content (AvgIpc) is 2.82. The lowest BCUT2D eigenvalue weighted by atomic mass is 10.1. The van der Waals surface area contributed by atoms with Crippen LogP contribution >= 0.6 is 0 Å². The van der Waals surface area contributed by atoms with E-state index in [1.54, 1.807) is 0 Å². The Bertz CT molecular complexity index is 774. The lowest BCUT2D eigenvalue weighted by molar-refractivity contribution is 0.704. The van der Waals surface area contributed by atoms with E-state index in [0.717, 1.165) is 41.4 Å². The highest BCUT2D eigenvalue weighted by Gasteiger charge is 2.11. The van der Waals surface area contributed by atoms with Crippen molar-refractivity contribution < 1.29 is 0 Å². The van der Waals surface area contributed by atoms with E-state index in [-0.39, 0.29) is 0 Å². The Morgan fingerprint density at radius 1 is 1.14 bits per heavy atom. The first-order valence-corrected chi connectivity index (χ1v) is 7.32. The summed E-state index contributed by atoms with van der Waals surface area (Å²) in [5, 5.41) is 10.2. The first-order chi connectivity index (χ1) is 10.2. The first-order valence-electron chi connectivity index (χ1n) is 7.32. The molecule has 4 heteroatoms. The fourth-order valence-electron chi connectivity index (χ4n) is 2.58. The molecule has 0 saturated carbocycles. The molecule has 0 radical (unpaired) electrons. The van der Waals surface area contributed by atoms with Gasteiger partial charge < -0.3 is 5.32 Å². The molecule has 3 aromatic rings. The van der Waals surface area contributed by atoms with Crippen LogP contribution in [0.5, 0.6) is 0 Å². The van der Waals surface area contributed by atoms with Crippen LogP contribution < -0.4 is 5.32 Å². The van der Waals surface area contributed by atoms with Gasteiger partial charge in [-0.1, -0.05) is 31.2 Å². The number of benzene rings is 1. The minimum atomic E-state index is 0.771. The summed E-state index contributed by atoms with van der Waals surface area (Å²) in [6.45, 7) is 7.88. The van der Waals surface area contributed by atoms with E-state index in [1.165, 1.54) is 5.39 Å². The molecule has 0 aliphatic heterocycles. The molecule has 0 bridgehead atoms. The number of nitrogens with one attached hydrogen (secondary N) is 1. The van der Waals surface area contributed by atoms with E-state index in [4.69, 9.17) is 4.98 Å². The quantitative estimate of drug-likeness (QED) is 0.798. The third kappa shape index (κ3) is 2.67. The number of hydrogen-bond acceptors (Lipinski definition) is 3. The molecule has 0 unspecified atom stereocenters. The van der Waals surface area contributed by atoms with E-state index >= 15 is 0 Å². The molecule has 2 aromatic heterocycles. The van der Waals surface area contributed by atoms with Crippen LogP contribution in [0.1, 0.15) is 24.0 Å². The molecule has 4 nitrogen and oxygen atoms in total. The van der Waals surface area contributed by atoms with Crippen LogP contribution in [-0.4, -0.2) is 21.3 Å². The van der Waals surface area contributed by atoms with Crippen LogP contribution in [0.3, 0.4) is 0 Å². The van der Waals surface area contributed by atoms with Gasteiger partial charge in [0.1, 0.15) is 0 Å². The molecule has 2 heterocycles. The van der Waals surface area contributed by atoms with Gasteiger partial charge in [-0.25, -0.2) is 9.67 Å². The van der Waals surface area contributed by atoms with Gasteiger partial charge >= 0.3 is 0 Å². The third-order valence-electron chi connectivity index (χ3n) is 3.54. The Labute approximate surface area is 124 Å². The van der Waals surface area contributed by atoms with Crippen molar-refractivity contribution in [2.24, 2.45) is 0 Å². The SMILES string of the molecule is CCNCc1cc2ccccc2c(-n2nc(C)cc2C)n1. The molecule has 1 N–H and O–H groups in total. The molecular weight excluding hydrogens is 260 g/mol. The molecule has 21 heavy (non-hydrogen) atoms. The Morgan fingerprint density at radius 3 is 2.67 bits per heavy atom. The Morgan fingerprint density at radius 2 is 1.95 bits per heavy atom. The maximum absolute atomic E-state index is 4.82. The van der Waals surface area contributed by atoms with Crippen LogP contribution in [-0.2, 0) is 6.54 Å². The minimum Gasteiger partial charge on any atom is -0.311 e. The average molecular weight is 280 g/mol. The number of rotatable bonds is 4. The van der Waals surface area contributed by atoms with E-state index < -0.39 is 0 Å². The number of aromatic nitrogens is 3. The van der Waals surface area contributed by atoms with Gasteiger partial charge in [-0.05, 0) is 37.9 Å². The summed E-state index contributed by atoms with van der Waals surface area (Å²) in [5.41, 5.74) is 3.15. The summed E-state index contributed by atoms with van der Waals surface area (Å²) in [7, 11) is 0. The van der Waals surface area contributed by atoms with Gasteiger partial charge in [0, 0.05) is 17.6 Å². The molecule has 0 saturated heterocycles.